The molecule has 1 aliphatic rings. The number of hydrogen-bond donors (Lipinski definition) is 0. The van der Waals surface area contributed by atoms with Crippen LogP contribution in [-0.2, 0) is 6.54 Å². The van der Waals surface area contributed by atoms with Crippen LogP contribution in [0, 0.1) is 5.92 Å². The molecule has 2 heterocycles. The Morgan fingerprint density at radius 2 is 1.65 bits per heavy atom. The van der Waals surface area contributed by atoms with Crippen LogP contribution in [0.5, 0.6) is 5.75 Å². The predicted octanol–water partition coefficient (Wildman–Crippen LogP) is 3.02. The monoisotopic (exact) mass is 420 g/mol. The smallest absolute Gasteiger partial charge is 0.275 e. The molecule has 1 saturated heterocycles. The summed E-state index contributed by atoms with van der Waals surface area (Å²) in [6.45, 7) is 7.22. The summed E-state index contributed by atoms with van der Waals surface area (Å²) in [5, 5.41) is 5.66. The van der Waals surface area contributed by atoms with Crippen molar-refractivity contribution in [2.75, 3.05) is 38.2 Å². The molecule has 3 aromatic rings. The normalized spacial score (nSPS) is 14.3. The molecule has 0 N–H and O–H groups in total. The minimum atomic E-state index is -0.148. The number of methoxy groups -OCH3 is 1. The zero-order valence-electron chi connectivity index (χ0n) is 18.2. The standard InChI is InChI=1S/C24H28N4O3/c1-17(2)16-28-23(29)21-7-5-4-6-20(21)22(25-28)24(30)27-14-12-26(13-15-27)18-8-10-19(31-3)11-9-18/h4-11,17H,12-16H2,1-3H3. The van der Waals surface area contributed by atoms with E-state index in [0.717, 1.165) is 24.5 Å². The second-order valence-corrected chi connectivity index (χ2v) is 8.25. The van der Waals surface area contributed by atoms with Gasteiger partial charge in [0.25, 0.3) is 11.5 Å². The number of ether oxygens (including phenoxy) is 1. The van der Waals surface area contributed by atoms with E-state index in [0.29, 0.717) is 36.1 Å². The van der Waals surface area contributed by atoms with Gasteiger partial charge in [-0.25, -0.2) is 4.68 Å². The second kappa shape index (κ2) is 8.79. The summed E-state index contributed by atoms with van der Waals surface area (Å²) in [7, 11) is 1.65. The Morgan fingerprint density at radius 3 is 2.26 bits per heavy atom. The van der Waals surface area contributed by atoms with Crippen molar-refractivity contribution in [3.05, 3.63) is 64.6 Å². The summed E-state index contributed by atoms with van der Waals surface area (Å²) in [6.07, 6.45) is 0. The largest absolute Gasteiger partial charge is 0.497 e. The van der Waals surface area contributed by atoms with Crippen molar-refractivity contribution in [3.63, 3.8) is 0 Å². The van der Waals surface area contributed by atoms with Crippen LogP contribution in [0.3, 0.4) is 0 Å². The van der Waals surface area contributed by atoms with Gasteiger partial charge in [0.2, 0.25) is 0 Å². The topological polar surface area (TPSA) is 67.7 Å². The molecule has 0 bridgehead atoms. The number of rotatable bonds is 5. The fourth-order valence-electron chi connectivity index (χ4n) is 3.97. The number of fused-ring (bicyclic) bond motifs is 1. The number of carbonyl (C=O) groups is 1. The third-order valence-electron chi connectivity index (χ3n) is 5.61. The van der Waals surface area contributed by atoms with Crippen molar-refractivity contribution < 1.29 is 9.53 Å². The molecule has 0 atom stereocenters. The fourth-order valence-corrected chi connectivity index (χ4v) is 3.97. The van der Waals surface area contributed by atoms with Crippen LogP contribution < -0.4 is 15.2 Å². The molecule has 1 aromatic heterocycles. The average Bonchev–Trinajstić information content (AvgIpc) is 2.80. The van der Waals surface area contributed by atoms with Crippen molar-refractivity contribution in [3.8, 4) is 5.75 Å². The summed E-state index contributed by atoms with van der Waals surface area (Å²) in [4.78, 5) is 30.3. The highest BCUT2D eigenvalue weighted by molar-refractivity contribution is 6.04. The van der Waals surface area contributed by atoms with Gasteiger partial charge in [-0.1, -0.05) is 32.0 Å². The molecule has 2 aromatic carbocycles. The number of amides is 1. The van der Waals surface area contributed by atoms with E-state index in [1.807, 2.05) is 61.2 Å². The molecule has 7 nitrogen and oxygen atoms in total. The SMILES string of the molecule is COc1ccc(N2CCN(C(=O)c3nn(CC(C)C)c(=O)c4ccccc34)CC2)cc1. The van der Waals surface area contributed by atoms with Gasteiger partial charge in [-0.2, -0.15) is 5.10 Å². The van der Waals surface area contributed by atoms with Crippen molar-refractivity contribution in [2.24, 2.45) is 5.92 Å². The second-order valence-electron chi connectivity index (χ2n) is 8.25. The Kier molecular flexibility index (Phi) is 5.93. The fraction of sp³-hybridized carbons (Fsp3) is 0.375. The molecule has 1 aliphatic heterocycles. The summed E-state index contributed by atoms with van der Waals surface area (Å²) in [5.41, 5.74) is 1.32. The molecule has 0 saturated carbocycles. The van der Waals surface area contributed by atoms with Crippen LogP contribution in [0.1, 0.15) is 24.3 Å². The first-order valence-corrected chi connectivity index (χ1v) is 10.7. The summed E-state index contributed by atoms with van der Waals surface area (Å²) >= 11 is 0. The van der Waals surface area contributed by atoms with Crippen molar-refractivity contribution >= 4 is 22.4 Å². The van der Waals surface area contributed by atoms with E-state index < -0.39 is 0 Å². The van der Waals surface area contributed by atoms with Crippen LogP contribution in [-0.4, -0.2) is 53.9 Å². The number of anilines is 1. The Balaban J connectivity index is 1.57. The van der Waals surface area contributed by atoms with Crippen LogP contribution >= 0.6 is 0 Å². The van der Waals surface area contributed by atoms with E-state index in [4.69, 9.17) is 4.74 Å². The Bertz CT molecular complexity index is 1130. The van der Waals surface area contributed by atoms with Crippen LogP contribution in [0.2, 0.25) is 0 Å². The van der Waals surface area contributed by atoms with Gasteiger partial charge in [0, 0.05) is 43.8 Å². The summed E-state index contributed by atoms with van der Waals surface area (Å²) in [5.74, 6) is 0.956. The maximum atomic E-state index is 13.4. The maximum Gasteiger partial charge on any atom is 0.275 e. The van der Waals surface area contributed by atoms with Gasteiger partial charge in [0.15, 0.2) is 5.69 Å². The molecule has 7 heteroatoms. The van der Waals surface area contributed by atoms with Crippen molar-refractivity contribution in [2.45, 2.75) is 20.4 Å². The van der Waals surface area contributed by atoms with Crippen LogP contribution in [0.4, 0.5) is 5.69 Å². The highest BCUT2D eigenvalue weighted by atomic mass is 16.5. The molecule has 31 heavy (non-hydrogen) atoms. The minimum Gasteiger partial charge on any atom is -0.497 e. The molecular formula is C24H28N4O3. The quantitative estimate of drug-likeness (QED) is 0.635. The Labute approximate surface area is 181 Å². The van der Waals surface area contributed by atoms with E-state index in [-0.39, 0.29) is 17.4 Å². The molecular weight excluding hydrogens is 392 g/mol. The lowest BCUT2D eigenvalue weighted by Crippen LogP contribution is -2.49. The van der Waals surface area contributed by atoms with Gasteiger partial charge in [-0.3, -0.25) is 9.59 Å². The highest BCUT2D eigenvalue weighted by Crippen LogP contribution is 2.22. The molecule has 0 aliphatic carbocycles. The van der Waals surface area contributed by atoms with Crippen molar-refractivity contribution in [1.82, 2.24) is 14.7 Å². The number of aromatic nitrogens is 2. The van der Waals surface area contributed by atoms with E-state index >= 15 is 0 Å². The summed E-state index contributed by atoms with van der Waals surface area (Å²) in [6, 6.07) is 15.2. The molecule has 1 fully saturated rings. The average molecular weight is 421 g/mol. The summed E-state index contributed by atoms with van der Waals surface area (Å²) < 4.78 is 6.67. The Morgan fingerprint density at radius 1 is 1.00 bits per heavy atom. The number of nitrogens with zero attached hydrogens (tertiary/aromatic N) is 4. The van der Waals surface area contributed by atoms with E-state index in [1.165, 1.54) is 4.68 Å². The predicted molar refractivity (Wildman–Crippen MR) is 122 cm³/mol. The van der Waals surface area contributed by atoms with Gasteiger partial charge in [0.05, 0.1) is 12.5 Å². The minimum absolute atomic E-state index is 0.122. The van der Waals surface area contributed by atoms with Gasteiger partial charge in [-0.15, -0.1) is 0 Å². The molecule has 0 spiro atoms. The van der Waals surface area contributed by atoms with Gasteiger partial charge < -0.3 is 14.5 Å². The lowest BCUT2D eigenvalue weighted by Gasteiger charge is -2.36. The van der Waals surface area contributed by atoms with Crippen molar-refractivity contribution in [1.29, 1.82) is 0 Å². The molecule has 162 valence electrons. The molecule has 4 rings (SSSR count). The number of piperazine rings is 1. The van der Waals surface area contributed by atoms with Crippen LogP contribution in [0.15, 0.2) is 53.3 Å². The number of carbonyl (C=O) groups excluding carboxylic acids is 1. The number of benzene rings is 2. The maximum absolute atomic E-state index is 13.4. The third-order valence-corrected chi connectivity index (χ3v) is 5.61. The first-order chi connectivity index (χ1) is 15.0. The first-order valence-electron chi connectivity index (χ1n) is 10.7. The lowest BCUT2D eigenvalue weighted by molar-refractivity contribution is 0.0740. The number of hydrogen-bond acceptors (Lipinski definition) is 5. The zero-order chi connectivity index (χ0) is 22.0. The molecule has 0 unspecified atom stereocenters. The van der Waals surface area contributed by atoms with Gasteiger partial charge in [-0.05, 0) is 36.2 Å². The van der Waals surface area contributed by atoms with E-state index in [1.54, 1.807) is 13.2 Å². The van der Waals surface area contributed by atoms with Crippen LogP contribution in [0.25, 0.3) is 10.8 Å². The zero-order valence-corrected chi connectivity index (χ0v) is 18.2. The third kappa shape index (κ3) is 4.26. The van der Waals surface area contributed by atoms with E-state index in [9.17, 15) is 9.59 Å². The van der Waals surface area contributed by atoms with Gasteiger partial charge >= 0.3 is 0 Å². The molecule has 0 radical (unpaired) electrons. The first kappa shape index (κ1) is 20.9. The highest BCUT2D eigenvalue weighted by Gasteiger charge is 2.26. The lowest BCUT2D eigenvalue weighted by atomic mass is 10.1. The van der Waals surface area contributed by atoms with Gasteiger partial charge in [0.1, 0.15) is 5.75 Å². The molecule has 1 amide bonds. The Hall–Kier alpha value is -3.35. The van der Waals surface area contributed by atoms with E-state index in [2.05, 4.69) is 10.00 Å².